The maximum Gasteiger partial charge on any atom is 0.303 e. The summed E-state index contributed by atoms with van der Waals surface area (Å²) in [5.74, 6) is -0.636. The molecule has 2 N–H and O–H groups in total. The molecule has 23 heavy (non-hydrogen) atoms. The van der Waals surface area contributed by atoms with E-state index in [1.165, 1.54) is 0 Å². The molecule has 0 aromatic carbocycles. The summed E-state index contributed by atoms with van der Waals surface area (Å²) in [6.45, 7) is 2.03. The number of aliphatic hydroxyl groups is 1. The van der Waals surface area contributed by atoms with E-state index in [9.17, 15) is 14.7 Å². The molecule has 0 aliphatic carbocycles. The lowest BCUT2D eigenvalue weighted by molar-refractivity contribution is -0.137. The molecular weight excluding hydrogens is 292 g/mol. The second-order valence-electron chi connectivity index (χ2n) is 5.61. The lowest BCUT2D eigenvalue weighted by atomic mass is 10.1. The SMILES string of the molecule is CCCC(O)C=CC=CC=CC(=O)CCCCCCCC(=O)O. The van der Waals surface area contributed by atoms with Crippen molar-refractivity contribution in [3.05, 3.63) is 36.5 Å². The summed E-state index contributed by atoms with van der Waals surface area (Å²) >= 11 is 0. The highest BCUT2D eigenvalue weighted by molar-refractivity contribution is 5.89. The van der Waals surface area contributed by atoms with Gasteiger partial charge in [-0.2, -0.15) is 0 Å². The third-order valence-corrected chi connectivity index (χ3v) is 3.35. The standard InChI is InChI=1S/C19H30O4/c1-2-12-17(20)13-9-6-7-10-15-18(21)14-8-4-3-5-11-16-19(22)23/h6-7,9-10,13,15,17,20H,2-5,8,11-12,14,16H2,1H3,(H,22,23). The van der Waals surface area contributed by atoms with Gasteiger partial charge < -0.3 is 10.2 Å². The second kappa shape index (κ2) is 15.2. The number of carboxylic acids is 1. The van der Waals surface area contributed by atoms with Gasteiger partial charge in [0, 0.05) is 12.8 Å². The van der Waals surface area contributed by atoms with Gasteiger partial charge in [-0.15, -0.1) is 0 Å². The first-order chi connectivity index (χ1) is 11.1. The van der Waals surface area contributed by atoms with Crippen LogP contribution >= 0.6 is 0 Å². The average Bonchev–Trinajstić information content (AvgIpc) is 2.49. The van der Waals surface area contributed by atoms with Crippen molar-refractivity contribution >= 4 is 11.8 Å². The summed E-state index contributed by atoms with van der Waals surface area (Å²) in [6.07, 6.45) is 16.9. The number of hydrogen-bond acceptors (Lipinski definition) is 3. The minimum absolute atomic E-state index is 0.107. The molecule has 130 valence electrons. The Morgan fingerprint density at radius 2 is 1.52 bits per heavy atom. The predicted molar refractivity (Wildman–Crippen MR) is 93.3 cm³/mol. The Balaban J connectivity index is 3.63. The zero-order valence-electron chi connectivity index (χ0n) is 14.1. The van der Waals surface area contributed by atoms with Crippen LogP contribution in [0.4, 0.5) is 0 Å². The second-order valence-corrected chi connectivity index (χ2v) is 5.61. The van der Waals surface area contributed by atoms with Gasteiger partial charge in [0.1, 0.15) is 0 Å². The number of ketones is 1. The molecule has 1 atom stereocenters. The molecule has 0 saturated heterocycles. The maximum absolute atomic E-state index is 11.6. The Morgan fingerprint density at radius 3 is 2.17 bits per heavy atom. The van der Waals surface area contributed by atoms with Crippen LogP contribution in [0.15, 0.2) is 36.5 Å². The molecule has 0 spiro atoms. The van der Waals surface area contributed by atoms with E-state index in [2.05, 4.69) is 0 Å². The fourth-order valence-corrected chi connectivity index (χ4v) is 2.06. The molecule has 0 fully saturated rings. The largest absolute Gasteiger partial charge is 0.481 e. The summed E-state index contributed by atoms with van der Waals surface area (Å²) in [4.78, 5) is 21.9. The van der Waals surface area contributed by atoms with Crippen molar-refractivity contribution in [2.24, 2.45) is 0 Å². The zero-order chi connectivity index (χ0) is 17.3. The van der Waals surface area contributed by atoms with Crippen molar-refractivity contribution in [2.45, 2.75) is 70.8 Å². The molecule has 0 rings (SSSR count). The first-order valence-electron chi connectivity index (χ1n) is 8.50. The van der Waals surface area contributed by atoms with Gasteiger partial charge in [0.2, 0.25) is 0 Å². The van der Waals surface area contributed by atoms with Crippen LogP contribution in [-0.2, 0) is 9.59 Å². The average molecular weight is 322 g/mol. The third kappa shape index (κ3) is 16.5. The van der Waals surface area contributed by atoms with Crippen LogP contribution in [0.3, 0.4) is 0 Å². The van der Waals surface area contributed by atoms with Crippen molar-refractivity contribution < 1.29 is 19.8 Å². The number of aliphatic hydroxyl groups excluding tert-OH is 1. The van der Waals surface area contributed by atoms with Crippen LogP contribution in [0.2, 0.25) is 0 Å². The Labute approximate surface area is 139 Å². The Morgan fingerprint density at radius 1 is 0.913 bits per heavy atom. The van der Waals surface area contributed by atoms with Crippen LogP contribution in [0.5, 0.6) is 0 Å². The molecule has 4 heteroatoms. The number of carbonyl (C=O) groups excluding carboxylic acids is 1. The summed E-state index contributed by atoms with van der Waals surface area (Å²) in [6, 6.07) is 0. The lowest BCUT2D eigenvalue weighted by Gasteiger charge is -1.99. The molecule has 0 radical (unpaired) electrons. The Kier molecular flexibility index (Phi) is 14.1. The van der Waals surface area contributed by atoms with Gasteiger partial charge in [0.25, 0.3) is 0 Å². The highest BCUT2D eigenvalue weighted by atomic mass is 16.4. The van der Waals surface area contributed by atoms with Gasteiger partial charge in [-0.25, -0.2) is 0 Å². The minimum Gasteiger partial charge on any atom is -0.481 e. The normalized spacial score (nSPS) is 13.3. The fourth-order valence-electron chi connectivity index (χ4n) is 2.06. The Bertz CT molecular complexity index is 408. The van der Waals surface area contributed by atoms with E-state index >= 15 is 0 Å². The number of aliphatic carboxylic acids is 1. The van der Waals surface area contributed by atoms with E-state index in [1.54, 1.807) is 36.5 Å². The highest BCUT2D eigenvalue weighted by Crippen LogP contribution is 2.07. The zero-order valence-corrected chi connectivity index (χ0v) is 14.1. The predicted octanol–water partition coefficient (Wildman–Crippen LogP) is 4.20. The van der Waals surface area contributed by atoms with E-state index in [4.69, 9.17) is 5.11 Å². The summed E-state index contributed by atoms with van der Waals surface area (Å²) in [7, 11) is 0. The van der Waals surface area contributed by atoms with Crippen molar-refractivity contribution in [1.29, 1.82) is 0 Å². The smallest absolute Gasteiger partial charge is 0.303 e. The summed E-state index contributed by atoms with van der Waals surface area (Å²) < 4.78 is 0. The van der Waals surface area contributed by atoms with Crippen LogP contribution in [0.25, 0.3) is 0 Å². The van der Waals surface area contributed by atoms with Gasteiger partial charge in [0.15, 0.2) is 5.78 Å². The van der Waals surface area contributed by atoms with Gasteiger partial charge >= 0.3 is 5.97 Å². The van der Waals surface area contributed by atoms with E-state index in [0.717, 1.165) is 38.5 Å². The van der Waals surface area contributed by atoms with Crippen LogP contribution in [0, 0.1) is 0 Å². The number of allylic oxidation sites excluding steroid dienone is 5. The van der Waals surface area contributed by atoms with Gasteiger partial charge in [-0.1, -0.05) is 63.0 Å². The van der Waals surface area contributed by atoms with Crippen LogP contribution in [0.1, 0.15) is 64.7 Å². The van der Waals surface area contributed by atoms with Crippen molar-refractivity contribution in [2.75, 3.05) is 0 Å². The molecule has 1 unspecified atom stereocenters. The number of carbonyl (C=O) groups is 2. The number of hydrogen-bond donors (Lipinski definition) is 2. The number of carboxylic acid groups (broad SMARTS) is 1. The van der Waals surface area contributed by atoms with Gasteiger partial charge in [-0.05, 0) is 25.3 Å². The molecular formula is C19H30O4. The summed E-state index contributed by atoms with van der Waals surface area (Å²) in [5, 5.41) is 18.0. The minimum atomic E-state index is -0.743. The fraction of sp³-hybridized carbons (Fsp3) is 0.579. The lowest BCUT2D eigenvalue weighted by Crippen LogP contribution is -1.99. The van der Waals surface area contributed by atoms with Crippen LogP contribution in [-0.4, -0.2) is 28.1 Å². The quantitative estimate of drug-likeness (QED) is 0.285. The molecule has 0 saturated carbocycles. The van der Waals surface area contributed by atoms with Crippen molar-refractivity contribution in [3.63, 3.8) is 0 Å². The molecule has 0 aromatic heterocycles. The molecule has 0 aromatic rings. The number of rotatable bonds is 14. The molecule has 0 bridgehead atoms. The molecule has 0 aliphatic heterocycles. The van der Waals surface area contributed by atoms with Crippen molar-refractivity contribution in [1.82, 2.24) is 0 Å². The van der Waals surface area contributed by atoms with E-state index in [0.29, 0.717) is 12.8 Å². The molecule has 0 amide bonds. The van der Waals surface area contributed by atoms with E-state index in [1.807, 2.05) is 6.92 Å². The van der Waals surface area contributed by atoms with Gasteiger partial charge in [0.05, 0.1) is 6.10 Å². The first-order valence-corrected chi connectivity index (χ1v) is 8.50. The van der Waals surface area contributed by atoms with E-state index in [-0.39, 0.29) is 12.2 Å². The number of unbranched alkanes of at least 4 members (excludes halogenated alkanes) is 4. The van der Waals surface area contributed by atoms with E-state index < -0.39 is 12.1 Å². The third-order valence-electron chi connectivity index (χ3n) is 3.35. The highest BCUT2D eigenvalue weighted by Gasteiger charge is 1.98. The Hall–Kier alpha value is -1.68. The monoisotopic (exact) mass is 322 g/mol. The first kappa shape index (κ1) is 21.3. The van der Waals surface area contributed by atoms with Gasteiger partial charge in [-0.3, -0.25) is 9.59 Å². The maximum atomic E-state index is 11.6. The topological polar surface area (TPSA) is 74.6 Å². The molecule has 0 aliphatic rings. The molecule has 4 nitrogen and oxygen atoms in total. The molecule has 0 heterocycles. The van der Waals surface area contributed by atoms with Crippen LogP contribution < -0.4 is 0 Å². The summed E-state index contributed by atoms with van der Waals surface area (Å²) in [5.41, 5.74) is 0. The van der Waals surface area contributed by atoms with Crippen molar-refractivity contribution in [3.8, 4) is 0 Å².